The molecule has 0 aromatic rings. The first kappa shape index (κ1) is 43.2. The van der Waals surface area contributed by atoms with Crippen molar-refractivity contribution in [3.63, 3.8) is 0 Å². The number of rotatable bonds is 34. The minimum absolute atomic E-state index is 0.0492. The normalized spacial score (nSPS) is 14.6. The molecule has 0 rings (SSSR count). The van der Waals surface area contributed by atoms with E-state index < -0.39 is 33.2 Å². The number of ether oxygens (including phenoxy) is 2. The van der Waals surface area contributed by atoms with Crippen molar-refractivity contribution >= 4 is 13.8 Å². The van der Waals surface area contributed by atoms with Gasteiger partial charge in [0.05, 0.1) is 26.4 Å². The number of hydrogen-bond acceptors (Lipinski definition) is 8. The summed E-state index contributed by atoms with van der Waals surface area (Å²) in [5.74, 6) is -0.387. The van der Waals surface area contributed by atoms with Gasteiger partial charge in [-0.15, -0.1) is 0 Å². The second-order valence-electron chi connectivity index (χ2n) is 11.9. The van der Waals surface area contributed by atoms with E-state index in [1.165, 1.54) is 89.9 Å². The van der Waals surface area contributed by atoms with Crippen LogP contribution in [0.5, 0.6) is 0 Å². The number of phosphoric ester groups is 1. The van der Waals surface area contributed by atoms with Crippen molar-refractivity contribution < 1.29 is 43.0 Å². The molecule has 0 aliphatic rings. The molecule has 0 amide bonds. The Morgan fingerprint density at radius 3 is 1.75 bits per heavy atom. The van der Waals surface area contributed by atoms with E-state index in [-0.39, 0.29) is 25.6 Å². The van der Waals surface area contributed by atoms with Crippen molar-refractivity contribution in [1.29, 1.82) is 0 Å². The zero-order valence-electron chi connectivity index (χ0n) is 28.1. The summed E-state index contributed by atoms with van der Waals surface area (Å²) in [6, 6.07) is 0. The van der Waals surface area contributed by atoms with Crippen molar-refractivity contribution in [2.45, 2.75) is 167 Å². The van der Waals surface area contributed by atoms with Gasteiger partial charge in [-0.2, -0.15) is 0 Å². The fourth-order valence-electron chi connectivity index (χ4n) is 4.70. The molecule has 3 unspecified atom stereocenters. The molecule has 0 aromatic heterocycles. The van der Waals surface area contributed by atoms with E-state index in [1.807, 2.05) is 0 Å². The van der Waals surface area contributed by atoms with Crippen LogP contribution >= 0.6 is 7.82 Å². The standard InChI is InChI=1S/C34H67O9P/c1-3-5-7-9-11-13-15-16-17-19-21-23-25-27-40-30-33(31-42-44(38,39)41-29-32(36)28-35)43-34(37)26-24-22-20-18-14-12-10-8-6-4-2/h11,13,32-33,35-36H,3-10,12,14-31H2,1-2H3,(H,38,39)/b13-11-. The van der Waals surface area contributed by atoms with Crippen LogP contribution in [0.15, 0.2) is 12.2 Å². The smallest absolute Gasteiger partial charge is 0.457 e. The van der Waals surface area contributed by atoms with Crippen LogP contribution in [-0.4, -0.2) is 66.3 Å². The molecule has 0 saturated heterocycles. The van der Waals surface area contributed by atoms with Crippen molar-refractivity contribution in [1.82, 2.24) is 0 Å². The topological polar surface area (TPSA) is 132 Å². The Morgan fingerprint density at radius 1 is 0.682 bits per heavy atom. The summed E-state index contributed by atoms with van der Waals surface area (Å²) in [4.78, 5) is 22.4. The molecule has 0 aromatic carbocycles. The molecule has 9 nitrogen and oxygen atoms in total. The van der Waals surface area contributed by atoms with E-state index in [1.54, 1.807) is 0 Å². The van der Waals surface area contributed by atoms with Crippen LogP contribution in [0.3, 0.4) is 0 Å². The fourth-order valence-corrected chi connectivity index (χ4v) is 5.49. The van der Waals surface area contributed by atoms with Gasteiger partial charge in [0.2, 0.25) is 0 Å². The van der Waals surface area contributed by atoms with E-state index >= 15 is 0 Å². The van der Waals surface area contributed by atoms with Crippen molar-refractivity contribution in [2.24, 2.45) is 0 Å². The van der Waals surface area contributed by atoms with Crippen LogP contribution in [0, 0.1) is 0 Å². The van der Waals surface area contributed by atoms with Gasteiger partial charge in [-0.05, 0) is 38.5 Å². The van der Waals surface area contributed by atoms with Gasteiger partial charge < -0.3 is 24.6 Å². The van der Waals surface area contributed by atoms with Crippen LogP contribution in [-0.2, 0) is 27.9 Å². The van der Waals surface area contributed by atoms with E-state index in [0.717, 1.165) is 44.9 Å². The molecule has 3 atom stereocenters. The molecule has 0 saturated carbocycles. The Balaban J connectivity index is 4.26. The second kappa shape index (κ2) is 32.2. The maximum absolute atomic E-state index is 12.5. The van der Waals surface area contributed by atoms with Crippen LogP contribution < -0.4 is 0 Å². The lowest BCUT2D eigenvalue weighted by atomic mass is 10.1. The number of phosphoric acid groups is 1. The average Bonchev–Trinajstić information content (AvgIpc) is 3.01. The van der Waals surface area contributed by atoms with E-state index in [2.05, 4.69) is 26.0 Å². The molecule has 3 N–H and O–H groups in total. The van der Waals surface area contributed by atoms with Gasteiger partial charge in [-0.3, -0.25) is 13.8 Å². The SMILES string of the molecule is CCCCC/C=C\CCCCCCCCOCC(COP(=O)(O)OCC(O)CO)OC(=O)CCCCCCCCCCCC. The van der Waals surface area contributed by atoms with Gasteiger partial charge in [0.25, 0.3) is 0 Å². The first-order valence-electron chi connectivity index (χ1n) is 17.7. The lowest BCUT2D eigenvalue weighted by Crippen LogP contribution is -2.29. The number of aliphatic hydroxyl groups is 2. The zero-order chi connectivity index (χ0) is 32.6. The largest absolute Gasteiger partial charge is 0.472 e. The lowest BCUT2D eigenvalue weighted by Gasteiger charge is -2.20. The third kappa shape index (κ3) is 31.2. The summed E-state index contributed by atoms with van der Waals surface area (Å²) in [7, 11) is -4.50. The monoisotopic (exact) mass is 650 g/mol. The maximum Gasteiger partial charge on any atom is 0.472 e. The third-order valence-corrected chi connectivity index (χ3v) is 8.40. The summed E-state index contributed by atoms with van der Waals surface area (Å²) in [6.07, 6.45) is 27.4. The number of carbonyl (C=O) groups is 1. The van der Waals surface area contributed by atoms with Gasteiger partial charge in [0.15, 0.2) is 0 Å². The quantitative estimate of drug-likeness (QED) is 0.0271. The average molecular weight is 651 g/mol. The number of allylic oxidation sites excluding steroid dienone is 2. The van der Waals surface area contributed by atoms with Crippen LogP contribution in [0.1, 0.15) is 155 Å². The van der Waals surface area contributed by atoms with E-state index in [4.69, 9.17) is 23.6 Å². The predicted molar refractivity (Wildman–Crippen MR) is 178 cm³/mol. The maximum atomic E-state index is 12.5. The number of esters is 1. The molecule has 0 bridgehead atoms. The highest BCUT2D eigenvalue weighted by Crippen LogP contribution is 2.43. The zero-order valence-corrected chi connectivity index (χ0v) is 29.0. The molecular weight excluding hydrogens is 583 g/mol. The molecular formula is C34H67O9P. The first-order chi connectivity index (χ1) is 21.3. The Labute approximate surface area is 269 Å². The Bertz CT molecular complexity index is 704. The van der Waals surface area contributed by atoms with Crippen LogP contribution in [0.2, 0.25) is 0 Å². The summed E-state index contributed by atoms with van der Waals surface area (Å²) < 4.78 is 33.1. The van der Waals surface area contributed by atoms with Crippen LogP contribution in [0.25, 0.3) is 0 Å². The highest BCUT2D eigenvalue weighted by Gasteiger charge is 2.26. The third-order valence-electron chi connectivity index (χ3n) is 7.45. The Kier molecular flexibility index (Phi) is 31.6. The molecule has 0 heterocycles. The van der Waals surface area contributed by atoms with Gasteiger partial charge in [0.1, 0.15) is 12.2 Å². The molecule has 44 heavy (non-hydrogen) atoms. The molecule has 262 valence electrons. The van der Waals surface area contributed by atoms with Gasteiger partial charge in [-0.1, -0.05) is 122 Å². The minimum Gasteiger partial charge on any atom is -0.457 e. The lowest BCUT2D eigenvalue weighted by molar-refractivity contribution is -0.154. The number of aliphatic hydroxyl groups excluding tert-OH is 2. The van der Waals surface area contributed by atoms with Crippen molar-refractivity contribution in [2.75, 3.05) is 33.0 Å². The van der Waals surface area contributed by atoms with Crippen molar-refractivity contribution in [3.8, 4) is 0 Å². The summed E-state index contributed by atoms with van der Waals surface area (Å²) in [6.45, 7) is 3.46. The molecule has 0 spiro atoms. The molecule has 0 aliphatic heterocycles. The Hall–Kier alpha value is -0.800. The molecule has 10 heteroatoms. The first-order valence-corrected chi connectivity index (χ1v) is 19.2. The number of hydrogen-bond donors (Lipinski definition) is 3. The number of carbonyl (C=O) groups excluding carboxylic acids is 1. The summed E-state index contributed by atoms with van der Waals surface area (Å²) in [5, 5.41) is 18.2. The molecule has 0 fully saturated rings. The van der Waals surface area contributed by atoms with Crippen LogP contribution in [0.4, 0.5) is 0 Å². The van der Waals surface area contributed by atoms with Crippen molar-refractivity contribution in [3.05, 3.63) is 12.2 Å². The van der Waals surface area contributed by atoms with Gasteiger partial charge in [0, 0.05) is 13.0 Å². The molecule has 0 radical (unpaired) electrons. The second-order valence-corrected chi connectivity index (χ2v) is 13.3. The summed E-state index contributed by atoms with van der Waals surface area (Å²) in [5.41, 5.74) is 0. The number of unbranched alkanes of at least 4 members (excludes halogenated alkanes) is 18. The van der Waals surface area contributed by atoms with E-state index in [9.17, 15) is 19.4 Å². The van der Waals surface area contributed by atoms with E-state index in [0.29, 0.717) is 6.61 Å². The molecule has 0 aliphatic carbocycles. The highest BCUT2D eigenvalue weighted by atomic mass is 31.2. The Morgan fingerprint density at radius 2 is 1.16 bits per heavy atom. The highest BCUT2D eigenvalue weighted by molar-refractivity contribution is 7.47. The predicted octanol–water partition coefficient (Wildman–Crippen LogP) is 8.58. The van der Waals surface area contributed by atoms with Gasteiger partial charge >= 0.3 is 13.8 Å². The minimum atomic E-state index is -4.50. The summed E-state index contributed by atoms with van der Waals surface area (Å²) >= 11 is 0. The fraction of sp³-hybridized carbons (Fsp3) is 0.912. The van der Waals surface area contributed by atoms with Gasteiger partial charge in [-0.25, -0.2) is 4.57 Å².